The molecule has 1 aromatic rings. The summed E-state index contributed by atoms with van der Waals surface area (Å²) in [5.74, 6) is 2.89. The van der Waals surface area contributed by atoms with Crippen molar-refractivity contribution in [3.8, 4) is 0 Å². The molecule has 6 heteroatoms. The standard InChI is InChI=1S/C15H24N2O3S/c1-10-14(11(2)20-17-10)8-21-9-15(19)16-6-12-4-3-5-13(12)7-18/h12-13,18H,3-9H2,1-2H3,(H,16,19). The minimum atomic E-state index is 0.0651. The normalized spacial score (nSPS) is 21.7. The predicted molar refractivity (Wildman–Crippen MR) is 83.1 cm³/mol. The molecule has 1 saturated carbocycles. The predicted octanol–water partition coefficient (Wildman–Crippen LogP) is 2.05. The number of thioether (sulfide) groups is 1. The molecule has 1 aliphatic carbocycles. The van der Waals surface area contributed by atoms with E-state index in [9.17, 15) is 9.90 Å². The number of aryl methyl sites for hydroxylation is 2. The largest absolute Gasteiger partial charge is 0.396 e. The first-order valence-electron chi connectivity index (χ1n) is 7.48. The molecule has 0 aliphatic heterocycles. The minimum absolute atomic E-state index is 0.0651. The maximum Gasteiger partial charge on any atom is 0.230 e. The third-order valence-electron chi connectivity index (χ3n) is 4.27. The van der Waals surface area contributed by atoms with E-state index in [1.807, 2.05) is 13.8 Å². The second kappa shape index (κ2) is 7.84. The summed E-state index contributed by atoms with van der Waals surface area (Å²) >= 11 is 1.58. The van der Waals surface area contributed by atoms with Gasteiger partial charge in [0.05, 0.1) is 11.4 Å². The van der Waals surface area contributed by atoms with Gasteiger partial charge in [-0.15, -0.1) is 11.8 Å². The quantitative estimate of drug-likeness (QED) is 0.806. The Morgan fingerprint density at radius 1 is 1.43 bits per heavy atom. The molecule has 0 radical (unpaired) electrons. The Hall–Kier alpha value is -1.01. The number of carbonyl (C=O) groups excluding carboxylic acids is 1. The van der Waals surface area contributed by atoms with Crippen molar-refractivity contribution in [2.75, 3.05) is 18.9 Å². The smallest absolute Gasteiger partial charge is 0.230 e. The topological polar surface area (TPSA) is 75.4 Å². The highest BCUT2D eigenvalue weighted by Gasteiger charge is 2.26. The van der Waals surface area contributed by atoms with Gasteiger partial charge in [-0.1, -0.05) is 11.6 Å². The number of carbonyl (C=O) groups is 1. The van der Waals surface area contributed by atoms with E-state index in [2.05, 4.69) is 10.5 Å². The van der Waals surface area contributed by atoms with Crippen molar-refractivity contribution < 1.29 is 14.4 Å². The van der Waals surface area contributed by atoms with Crippen LogP contribution in [0, 0.1) is 25.7 Å². The summed E-state index contributed by atoms with van der Waals surface area (Å²) in [5.41, 5.74) is 1.99. The van der Waals surface area contributed by atoms with Gasteiger partial charge < -0.3 is 14.9 Å². The van der Waals surface area contributed by atoms with Gasteiger partial charge in [-0.05, 0) is 38.5 Å². The van der Waals surface area contributed by atoms with Crippen LogP contribution in [0.4, 0.5) is 0 Å². The number of nitrogens with one attached hydrogen (secondary N) is 1. The first-order valence-corrected chi connectivity index (χ1v) is 8.64. The summed E-state index contributed by atoms with van der Waals surface area (Å²) in [5, 5.41) is 16.2. The fourth-order valence-corrected chi connectivity index (χ4v) is 3.88. The number of hydrogen-bond acceptors (Lipinski definition) is 5. The third-order valence-corrected chi connectivity index (χ3v) is 5.23. The summed E-state index contributed by atoms with van der Waals surface area (Å²) in [4.78, 5) is 11.9. The van der Waals surface area contributed by atoms with Gasteiger partial charge in [0.25, 0.3) is 0 Å². The molecule has 5 nitrogen and oxygen atoms in total. The number of aliphatic hydroxyl groups excluding tert-OH is 1. The average Bonchev–Trinajstić information content (AvgIpc) is 3.05. The maximum atomic E-state index is 11.9. The molecule has 0 bridgehead atoms. The molecule has 21 heavy (non-hydrogen) atoms. The highest BCUT2D eigenvalue weighted by molar-refractivity contribution is 7.99. The first kappa shape index (κ1) is 16.4. The van der Waals surface area contributed by atoms with Gasteiger partial charge in [-0.25, -0.2) is 0 Å². The van der Waals surface area contributed by atoms with Crippen molar-refractivity contribution in [1.82, 2.24) is 10.5 Å². The fraction of sp³-hybridized carbons (Fsp3) is 0.733. The highest BCUT2D eigenvalue weighted by atomic mass is 32.2. The van der Waals surface area contributed by atoms with Crippen LogP contribution in [0.2, 0.25) is 0 Å². The van der Waals surface area contributed by atoms with Gasteiger partial charge in [0.2, 0.25) is 5.91 Å². The Morgan fingerprint density at radius 2 is 2.19 bits per heavy atom. The lowest BCUT2D eigenvalue weighted by Crippen LogP contribution is -2.32. The zero-order valence-corrected chi connectivity index (χ0v) is 13.5. The molecule has 0 spiro atoms. The Bertz CT molecular complexity index is 456. The van der Waals surface area contributed by atoms with Gasteiger partial charge in [0, 0.05) is 24.5 Å². The molecular weight excluding hydrogens is 288 g/mol. The molecule has 2 atom stereocenters. The average molecular weight is 312 g/mol. The van der Waals surface area contributed by atoms with E-state index in [1.165, 1.54) is 0 Å². The molecule has 2 rings (SSSR count). The lowest BCUT2D eigenvalue weighted by Gasteiger charge is -2.17. The van der Waals surface area contributed by atoms with Gasteiger partial charge in [0.1, 0.15) is 5.76 Å². The molecule has 1 amide bonds. The molecular formula is C15H24N2O3S. The van der Waals surface area contributed by atoms with E-state index in [-0.39, 0.29) is 12.5 Å². The van der Waals surface area contributed by atoms with E-state index >= 15 is 0 Å². The van der Waals surface area contributed by atoms with Crippen molar-refractivity contribution in [2.24, 2.45) is 11.8 Å². The lowest BCUT2D eigenvalue weighted by molar-refractivity contribution is -0.118. The van der Waals surface area contributed by atoms with Crippen LogP contribution in [0.25, 0.3) is 0 Å². The molecule has 118 valence electrons. The number of aliphatic hydroxyl groups is 1. The molecule has 1 aromatic heterocycles. The van der Waals surface area contributed by atoms with Gasteiger partial charge in [-0.2, -0.15) is 0 Å². The zero-order valence-electron chi connectivity index (χ0n) is 12.7. The minimum Gasteiger partial charge on any atom is -0.396 e. The van der Waals surface area contributed by atoms with E-state index in [1.54, 1.807) is 11.8 Å². The van der Waals surface area contributed by atoms with Crippen LogP contribution in [-0.2, 0) is 10.5 Å². The molecule has 1 aliphatic rings. The van der Waals surface area contributed by atoms with Crippen LogP contribution in [0.15, 0.2) is 4.52 Å². The third kappa shape index (κ3) is 4.48. The number of aromatic nitrogens is 1. The number of nitrogens with zero attached hydrogens (tertiary/aromatic N) is 1. The Kier molecular flexibility index (Phi) is 6.11. The number of amides is 1. The van der Waals surface area contributed by atoms with E-state index in [0.717, 1.165) is 42.0 Å². The molecule has 1 heterocycles. The van der Waals surface area contributed by atoms with Gasteiger partial charge in [0.15, 0.2) is 0 Å². The highest BCUT2D eigenvalue weighted by Crippen LogP contribution is 2.30. The summed E-state index contributed by atoms with van der Waals surface area (Å²) < 4.78 is 5.10. The van der Waals surface area contributed by atoms with E-state index < -0.39 is 0 Å². The summed E-state index contributed by atoms with van der Waals surface area (Å²) in [6.07, 6.45) is 3.35. The van der Waals surface area contributed by atoms with Crippen molar-refractivity contribution >= 4 is 17.7 Å². The SMILES string of the molecule is Cc1noc(C)c1CSCC(=O)NCC1CCCC1CO. The summed E-state index contributed by atoms with van der Waals surface area (Å²) in [7, 11) is 0. The molecule has 0 saturated heterocycles. The molecule has 2 N–H and O–H groups in total. The molecule has 1 fully saturated rings. The number of hydrogen-bond donors (Lipinski definition) is 2. The zero-order chi connectivity index (χ0) is 15.2. The van der Waals surface area contributed by atoms with Crippen LogP contribution >= 0.6 is 11.8 Å². The van der Waals surface area contributed by atoms with Gasteiger partial charge >= 0.3 is 0 Å². The Labute approximate surface area is 129 Å². The van der Waals surface area contributed by atoms with Crippen molar-refractivity contribution in [3.05, 3.63) is 17.0 Å². The molecule has 2 unspecified atom stereocenters. The molecule has 0 aromatic carbocycles. The number of rotatable bonds is 7. The second-order valence-corrected chi connectivity index (χ2v) is 6.72. The van der Waals surface area contributed by atoms with E-state index in [0.29, 0.717) is 24.1 Å². The van der Waals surface area contributed by atoms with E-state index in [4.69, 9.17) is 4.52 Å². The fourth-order valence-electron chi connectivity index (χ4n) is 2.87. The monoisotopic (exact) mass is 312 g/mol. The first-order chi connectivity index (χ1) is 10.1. The van der Waals surface area contributed by atoms with Crippen molar-refractivity contribution in [2.45, 2.75) is 38.9 Å². The van der Waals surface area contributed by atoms with Crippen LogP contribution in [0.5, 0.6) is 0 Å². The van der Waals surface area contributed by atoms with Crippen molar-refractivity contribution in [1.29, 1.82) is 0 Å². The summed E-state index contributed by atoms with van der Waals surface area (Å²) in [6, 6.07) is 0. The Balaban J connectivity index is 1.66. The van der Waals surface area contributed by atoms with Crippen LogP contribution in [-0.4, -0.2) is 35.1 Å². The second-order valence-electron chi connectivity index (χ2n) is 5.73. The van der Waals surface area contributed by atoms with Crippen molar-refractivity contribution in [3.63, 3.8) is 0 Å². The van der Waals surface area contributed by atoms with Gasteiger partial charge in [-0.3, -0.25) is 4.79 Å². The van der Waals surface area contributed by atoms with Crippen LogP contribution < -0.4 is 5.32 Å². The van der Waals surface area contributed by atoms with Crippen LogP contribution in [0.3, 0.4) is 0 Å². The lowest BCUT2D eigenvalue weighted by atomic mass is 9.97. The maximum absolute atomic E-state index is 11.9. The summed E-state index contributed by atoms with van der Waals surface area (Å²) in [6.45, 7) is 4.74. The Morgan fingerprint density at radius 3 is 2.86 bits per heavy atom. The van der Waals surface area contributed by atoms with Crippen LogP contribution in [0.1, 0.15) is 36.3 Å².